The van der Waals surface area contributed by atoms with Gasteiger partial charge in [0.15, 0.2) is 0 Å². The van der Waals surface area contributed by atoms with Crippen LogP contribution in [0.25, 0.3) is 0 Å². The second kappa shape index (κ2) is 9.69. The van der Waals surface area contributed by atoms with E-state index in [0.717, 1.165) is 24.1 Å². The first-order valence-corrected chi connectivity index (χ1v) is 12.9. The van der Waals surface area contributed by atoms with Gasteiger partial charge in [-0.3, -0.25) is 19.1 Å². The highest BCUT2D eigenvalue weighted by atomic mass is 16.5. The third-order valence-electron chi connectivity index (χ3n) is 8.65. The first kappa shape index (κ1) is 24.5. The monoisotopic (exact) mass is 493 g/mol. The van der Waals surface area contributed by atoms with Crippen molar-refractivity contribution in [2.45, 2.75) is 57.4 Å². The number of nitrogens with zero attached hydrogens (tertiary/aromatic N) is 2. The van der Waals surface area contributed by atoms with Crippen LogP contribution in [-0.2, 0) is 26.8 Å². The van der Waals surface area contributed by atoms with Gasteiger partial charge in [0.05, 0.1) is 5.41 Å². The number of benzene rings is 1. The Balaban J connectivity index is 1.30. The summed E-state index contributed by atoms with van der Waals surface area (Å²) in [5.74, 6) is 1.29. The lowest BCUT2D eigenvalue weighted by Crippen LogP contribution is -2.45. The highest BCUT2D eigenvalue weighted by Crippen LogP contribution is 2.45. The molecular formula is C27H35N5O4. The van der Waals surface area contributed by atoms with Gasteiger partial charge in [-0.1, -0.05) is 19.9 Å². The maximum absolute atomic E-state index is 13.4. The number of aromatic nitrogens is 2. The molecule has 36 heavy (non-hydrogen) atoms. The minimum absolute atomic E-state index is 0.00515. The third-order valence-corrected chi connectivity index (χ3v) is 8.65. The molecule has 3 aliphatic rings. The molecule has 9 heteroatoms. The summed E-state index contributed by atoms with van der Waals surface area (Å²) in [7, 11) is 1.70. The van der Waals surface area contributed by atoms with Crippen molar-refractivity contribution in [3.8, 4) is 0 Å². The predicted molar refractivity (Wildman–Crippen MR) is 136 cm³/mol. The average molecular weight is 494 g/mol. The largest absolute Gasteiger partial charge is 0.381 e. The molecular weight excluding hydrogens is 458 g/mol. The van der Waals surface area contributed by atoms with Crippen molar-refractivity contribution in [1.29, 1.82) is 0 Å². The van der Waals surface area contributed by atoms with Gasteiger partial charge in [-0.25, -0.2) is 0 Å². The molecule has 1 saturated carbocycles. The number of aryl methyl sites for hydroxylation is 1. The Bertz CT molecular complexity index is 1170. The van der Waals surface area contributed by atoms with Crippen molar-refractivity contribution < 1.29 is 19.1 Å². The van der Waals surface area contributed by atoms with Crippen LogP contribution in [0, 0.1) is 17.8 Å². The Morgan fingerprint density at radius 1 is 1.25 bits per heavy atom. The molecule has 4 atom stereocenters. The Morgan fingerprint density at radius 2 is 2.03 bits per heavy atom. The van der Waals surface area contributed by atoms with Gasteiger partial charge >= 0.3 is 0 Å². The van der Waals surface area contributed by atoms with Gasteiger partial charge in [-0.15, -0.1) is 0 Å². The topological polar surface area (TPSA) is 114 Å². The second-order valence-electron chi connectivity index (χ2n) is 10.7. The number of carbonyl (C=O) groups is 3. The molecule has 1 spiro atoms. The van der Waals surface area contributed by atoms with E-state index < -0.39 is 11.5 Å². The van der Waals surface area contributed by atoms with Crippen LogP contribution in [0.4, 0.5) is 11.4 Å². The van der Waals surface area contributed by atoms with Gasteiger partial charge in [-0.05, 0) is 73.6 Å². The zero-order valence-electron chi connectivity index (χ0n) is 21.2. The van der Waals surface area contributed by atoms with Crippen molar-refractivity contribution >= 4 is 29.1 Å². The molecule has 2 aromatic rings. The van der Waals surface area contributed by atoms with E-state index in [1.165, 1.54) is 4.68 Å². The summed E-state index contributed by atoms with van der Waals surface area (Å²) in [6, 6.07) is 6.53. The molecule has 3 heterocycles. The van der Waals surface area contributed by atoms with E-state index in [1.54, 1.807) is 19.3 Å². The SMILES string of the molecule is CC1CC(CCC(NC(=O)c2ccnn2C)C(=O)Nc2ccc3c(c2)NC(=O)C32CCOCC2)C1C. The molecule has 5 rings (SSSR count). The van der Waals surface area contributed by atoms with E-state index >= 15 is 0 Å². The van der Waals surface area contributed by atoms with Crippen molar-refractivity contribution in [2.24, 2.45) is 24.8 Å². The lowest BCUT2D eigenvalue weighted by molar-refractivity contribution is -0.124. The number of nitrogens with one attached hydrogen (secondary N) is 3. The van der Waals surface area contributed by atoms with Crippen LogP contribution < -0.4 is 16.0 Å². The Labute approximate surface area is 211 Å². The van der Waals surface area contributed by atoms with E-state index in [0.29, 0.717) is 61.6 Å². The van der Waals surface area contributed by atoms with Crippen LogP contribution in [0.1, 0.15) is 62.0 Å². The van der Waals surface area contributed by atoms with E-state index in [4.69, 9.17) is 4.74 Å². The zero-order valence-corrected chi connectivity index (χ0v) is 21.2. The average Bonchev–Trinajstić information content (AvgIpc) is 3.41. The van der Waals surface area contributed by atoms with Crippen molar-refractivity contribution in [1.82, 2.24) is 15.1 Å². The number of hydrogen-bond donors (Lipinski definition) is 3. The van der Waals surface area contributed by atoms with E-state index in [1.807, 2.05) is 18.2 Å². The number of hydrogen-bond acceptors (Lipinski definition) is 5. The quantitative estimate of drug-likeness (QED) is 0.548. The molecule has 3 N–H and O–H groups in total. The molecule has 1 aromatic heterocycles. The van der Waals surface area contributed by atoms with Crippen molar-refractivity contribution in [3.05, 3.63) is 41.7 Å². The fourth-order valence-corrected chi connectivity index (χ4v) is 5.99. The maximum Gasteiger partial charge on any atom is 0.270 e. The second-order valence-corrected chi connectivity index (χ2v) is 10.7. The number of carbonyl (C=O) groups excluding carboxylic acids is 3. The normalized spacial score (nSPS) is 25.0. The summed E-state index contributed by atoms with van der Waals surface area (Å²) in [6.45, 7) is 5.63. The maximum atomic E-state index is 13.4. The molecule has 3 amide bonds. The van der Waals surface area contributed by atoms with Crippen LogP contribution in [0.2, 0.25) is 0 Å². The number of ether oxygens (including phenoxy) is 1. The molecule has 192 valence electrons. The van der Waals surface area contributed by atoms with Crippen LogP contribution in [-0.4, -0.2) is 46.8 Å². The van der Waals surface area contributed by atoms with Crippen LogP contribution in [0.3, 0.4) is 0 Å². The summed E-state index contributed by atoms with van der Waals surface area (Å²) < 4.78 is 6.97. The minimum atomic E-state index is -0.680. The summed E-state index contributed by atoms with van der Waals surface area (Å²) in [4.78, 5) is 39.1. The van der Waals surface area contributed by atoms with Crippen LogP contribution >= 0.6 is 0 Å². The third kappa shape index (κ3) is 4.40. The van der Waals surface area contributed by atoms with E-state index in [-0.39, 0.29) is 17.7 Å². The molecule has 2 aliphatic heterocycles. The van der Waals surface area contributed by atoms with E-state index in [2.05, 4.69) is 34.9 Å². The molecule has 4 unspecified atom stereocenters. The number of anilines is 2. The minimum Gasteiger partial charge on any atom is -0.381 e. The summed E-state index contributed by atoms with van der Waals surface area (Å²) >= 11 is 0. The van der Waals surface area contributed by atoms with Gasteiger partial charge in [0.1, 0.15) is 11.7 Å². The first-order chi connectivity index (χ1) is 17.3. The highest BCUT2D eigenvalue weighted by Gasteiger charge is 2.47. The predicted octanol–water partition coefficient (Wildman–Crippen LogP) is 3.23. The first-order valence-electron chi connectivity index (χ1n) is 12.9. The van der Waals surface area contributed by atoms with Crippen molar-refractivity contribution in [2.75, 3.05) is 23.8 Å². The molecule has 1 saturated heterocycles. The van der Waals surface area contributed by atoms with Gasteiger partial charge in [0.2, 0.25) is 11.8 Å². The van der Waals surface area contributed by atoms with Crippen LogP contribution in [0.15, 0.2) is 30.5 Å². The highest BCUT2D eigenvalue weighted by molar-refractivity contribution is 6.07. The number of fused-ring (bicyclic) bond motifs is 2. The number of rotatable bonds is 7. The van der Waals surface area contributed by atoms with Gasteiger partial charge in [-0.2, -0.15) is 5.10 Å². The Hall–Kier alpha value is -3.20. The fourth-order valence-electron chi connectivity index (χ4n) is 5.99. The molecule has 9 nitrogen and oxygen atoms in total. The van der Waals surface area contributed by atoms with Gasteiger partial charge in [0.25, 0.3) is 5.91 Å². The van der Waals surface area contributed by atoms with Crippen molar-refractivity contribution in [3.63, 3.8) is 0 Å². The number of amides is 3. The van der Waals surface area contributed by atoms with Gasteiger partial charge < -0.3 is 20.7 Å². The van der Waals surface area contributed by atoms with E-state index in [9.17, 15) is 14.4 Å². The fraction of sp³-hybridized carbons (Fsp3) is 0.556. The standard InChI is InChI=1S/C27H35N5O4/c1-16-14-18(17(16)2)4-7-21(30-25(34)23-8-11-28-32(23)3)24(33)29-19-5-6-20-22(15-19)31-26(35)27(20)9-12-36-13-10-27/h5-6,8,11,15-18,21H,4,7,9-10,12-14H2,1-3H3,(H,29,33)(H,30,34)(H,31,35). The zero-order chi connectivity index (χ0) is 25.4. The molecule has 2 fully saturated rings. The molecule has 1 aromatic carbocycles. The summed E-state index contributed by atoms with van der Waals surface area (Å²) in [5.41, 5.74) is 2.14. The molecule has 0 radical (unpaired) electrons. The molecule has 0 bridgehead atoms. The smallest absolute Gasteiger partial charge is 0.270 e. The molecule has 1 aliphatic carbocycles. The van der Waals surface area contributed by atoms with Gasteiger partial charge in [0, 0.05) is 37.8 Å². The summed E-state index contributed by atoms with van der Waals surface area (Å²) in [5, 5.41) is 12.9. The summed E-state index contributed by atoms with van der Waals surface area (Å²) in [6.07, 6.45) is 5.45. The Kier molecular flexibility index (Phi) is 6.59. The lowest BCUT2D eigenvalue weighted by Gasteiger charge is -2.41. The Morgan fingerprint density at radius 3 is 2.69 bits per heavy atom. The van der Waals surface area contributed by atoms with Crippen LogP contribution in [0.5, 0.6) is 0 Å². The lowest BCUT2D eigenvalue weighted by atomic mass is 9.65.